The van der Waals surface area contributed by atoms with Crippen LogP contribution in [0.5, 0.6) is 0 Å². The largest absolute Gasteiger partial charge is 0.456 e. The average Bonchev–Trinajstić information content (AvgIpc) is 2.42. The van der Waals surface area contributed by atoms with Gasteiger partial charge in [0, 0.05) is 20.8 Å². The van der Waals surface area contributed by atoms with E-state index < -0.39 is 63.3 Å². The van der Waals surface area contributed by atoms with E-state index in [1.807, 2.05) is 0 Å². The van der Waals surface area contributed by atoms with Crippen molar-refractivity contribution in [3.8, 4) is 0 Å². The molecule has 1 saturated heterocycles. The van der Waals surface area contributed by atoms with E-state index in [1.54, 1.807) is 0 Å². The highest BCUT2D eigenvalue weighted by Gasteiger charge is 2.54. The van der Waals surface area contributed by atoms with Crippen LogP contribution in [0.2, 0.25) is 0 Å². The molecule has 10 heteroatoms. The van der Waals surface area contributed by atoms with E-state index in [9.17, 15) is 22.8 Å². The van der Waals surface area contributed by atoms with Gasteiger partial charge in [-0.05, 0) is 13.8 Å². The van der Waals surface area contributed by atoms with E-state index in [2.05, 4.69) is 6.58 Å². The predicted molar refractivity (Wildman–Crippen MR) is 89.6 cm³/mol. The Kier molecular flexibility index (Phi) is 7.34. The smallest absolute Gasteiger partial charge is 0.303 e. The maximum absolute atomic E-state index is 12.7. The highest BCUT2D eigenvalue weighted by molar-refractivity contribution is 7.92. The maximum Gasteiger partial charge on any atom is 0.303 e. The molecule has 0 spiro atoms. The third-order valence-electron chi connectivity index (χ3n) is 3.43. The molecule has 1 aliphatic rings. The van der Waals surface area contributed by atoms with Gasteiger partial charge in [-0.25, -0.2) is 8.42 Å². The number of carbonyl (C=O) groups excluding carboxylic acids is 3. The molecule has 0 aliphatic carbocycles. The zero-order chi connectivity index (χ0) is 20.2. The molecular weight excluding hydrogens is 368 g/mol. The Labute approximate surface area is 152 Å². The SMILES string of the molecule is C=C(C)CS(=O)(=O)C1O[C@@H](C)[C@H](OC(C)=O)[C@@H](OC(C)=O)[C@H]1OC(C)=O. The van der Waals surface area contributed by atoms with Gasteiger partial charge in [0.15, 0.2) is 33.6 Å². The lowest BCUT2D eigenvalue weighted by Gasteiger charge is -2.43. The van der Waals surface area contributed by atoms with Crippen molar-refractivity contribution in [2.75, 3.05) is 5.75 Å². The molecule has 0 aromatic heterocycles. The van der Waals surface area contributed by atoms with Gasteiger partial charge in [-0.2, -0.15) is 0 Å². The number of esters is 3. The van der Waals surface area contributed by atoms with Gasteiger partial charge >= 0.3 is 17.9 Å². The number of sulfone groups is 1. The zero-order valence-corrected chi connectivity index (χ0v) is 16.2. The van der Waals surface area contributed by atoms with E-state index in [-0.39, 0.29) is 0 Å². The molecule has 0 bridgehead atoms. The quantitative estimate of drug-likeness (QED) is 0.361. The van der Waals surface area contributed by atoms with Crippen LogP contribution >= 0.6 is 0 Å². The Morgan fingerprint density at radius 2 is 1.31 bits per heavy atom. The number of carbonyl (C=O) groups is 3. The van der Waals surface area contributed by atoms with Gasteiger partial charge in [-0.1, -0.05) is 12.2 Å². The normalized spacial score (nSPS) is 28.7. The molecule has 1 unspecified atom stereocenters. The van der Waals surface area contributed by atoms with Crippen molar-refractivity contribution in [1.82, 2.24) is 0 Å². The van der Waals surface area contributed by atoms with Gasteiger partial charge in [0.1, 0.15) is 0 Å². The summed E-state index contributed by atoms with van der Waals surface area (Å²) < 4.78 is 46.2. The molecule has 1 heterocycles. The van der Waals surface area contributed by atoms with Crippen LogP contribution in [0.15, 0.2) is 12.2 Å². The summed E-state index contributed by atoms with van der Waals surface area (Å²) in [5, 5.41) is 0. The molecule has 0 N–H and O–H groups in total. The second-order valence-corrected chi connectivity index (χ2v) is 8.28. The van der Waals surface area contributed by atoms with Crippen molar-refractivity contribution < 1.29 is 41.7 Å². The number of rotatable bonds is 6. The molecule has 9 nitrogen and oxygen atoms in total. The molecule has 26 heavy (non-hydrogen) atoms. The molecule has 0 aromatic carbocycles. The average molecular weight is 392 g/mol. The van der Waals surface area contributed by atoms with E-state index in [4.69, 9.17) is 18.9 Å². The van der Waals surface area contributed by atoms with E-state index in [0.717, 1.165) is 20.8 Å². The van der Waals surface area contributed by atoms with Crippen LogP contribution in [0, 0.1) is 0 Å². The predicted octanol–water partition coefficient (Wildman–Crippen LogP) is 0.517. The summed E-state index contributed by atoms with van der Waals surface area (Å²) in [6.45, 7) is 9.88. The van der Waals surface area contributed by atoms with Gasteiger partial charge in [0.05, 0.1) is 11.9 Å². The molecule has 5 atom stereocenters. The number of hydrogen-bond acceptors (Lipinski definition) is 9. The summed E-state index contributed by atoms with van der Waals surface area (Å²) in [4.78, 5) is 34.4. The van der Waals surface area contributed by atoms with Crippen LogP contribution in [0.1, 0.15) is 34.6 Å². The number of ether oxygens (including phenoxy) is 4. The molecule has 0 aromatic rings. The molecule has 0 radical (unpaired) electrons. The first-order valence-corrected chi connectivity index (χ1v) is 9.59. The van der Waals surface area contributed by atoms with Gasteiger partial charge in [-0.15, -0.1) is 0 Å². The fourth-order valence-electron chi connectivity index (χ4n) is 2.68. The Bertz CT molecular complexity index is 682. The van der Waals surface area contributed by atoms with Crippen LogP contribution < -0.4 is 0 Å². The molecule has 1 aliphatic heterocycles. The lowest BCUT2D eigenvalue weighted by Crippen LogP contribution is -2.62. The third-order valence-corrected chi connectivity index (χ3v) is 5.42. The first kappa shape index (κ1) is 22.1. The molecule has 148 valence electrons. The molecular formula is C16H24O9S. The zero-order valence-electron chi connectivity index (χ0n) is 15.4. The van der Waals surface area contributed by atoms with Crippen LogP contribution in [-0.4, -0.2) is 61.9 Å². The standard InChI is InChI=1S/C16H24O9S/c1-8(2)7-26(20,21)16-15(25-12(6)19)14(24-11(5)18)13(9(3)22-16)23-10(4)17/h9,13-16H,1,7H2,2-6H3/t9-,13-,14+,15+,16?/m0/s1. The molecule has 1 fully saturated rings. The number of hydrogen-bond donors (Lipinski definition) is 0. The fourth-order valence-corrected chi connectivity index (χ4v) is 4.50. The Hall–Kier alpha value is -1.94. The van der Waals surface area contributed by atoms with E-state index >= 15 is 0 Å². The van der Waals surface area contributed by atoms with Crippen molar-refractivity contribution in [1.29, 1.82) is 0 Å². The minimum absolute atomic E-state index is 0.356. The van der Waals surface area contributed by atoms with E-state index in [0.29, 0.717) is 5.57 Å². The van der Waals surface area contributed by atoms with Crippen molar-refractivity contribution in [3.63, 3.8) is 0 Å². The highest BCUT2D eigenvalue weighted by atomic mass is 32.2. The monoisotopic (exact) mass is 392 g/mol. The van der Waals surface area contributed by atoms with Crippen LogP contribution in [0.4, 0.5) is 0 Å². The summed E-state index contributed by atoms with van der Waals surface area (Å²) in [5.41, 5.74) is -1.25. The Morgan fingerprint density at radius 3 is 1.73 bits per heavy atom. The minimum Gasteiger partial charge on any atom is -0.456 e. The molecule has 0 amide bonds. The second-order valence-electron chi connectivity index (χ2n) is 6.20. The van der Waals surface area contributed by atoms with Gasteiger partial charge in [0.25, 0.3) is 0 Å². The maximum atomic E-state index is 12.7. The van der Waals surface area contributed by atoms with Crippen molar-refractivity contribution in [3.05, 3.63) is 12.2 Å². The summed E-state index contributed by atoms with van der Waals surface area (Å²) in [7, 11) is -3.96. The van der Waals surface area contributed by atoms with Crippen molar-refractivity contribution >= 4 is 27.7 Å². The topological polar surface area (TPSA) is 122 Å². The lowest BCUT2D eigenvalue weighted by atomic mass is 10.00. The fraction of sp³-hybridized carbons (Fsp3) is 0.688. The van der Waals surface area contributed by atoms with Gasteiger partial charge in [-0.3, -0.25) is 14.4 Å². The third kappa shape index (κ3) is 5.80. The Balaban J connectivity index is 3.38. The lowest BCUT2D eigenvalue weighted by molar-refractivity contribution is -0.230. The van der Waals surface area contributed by atoms with Crippen molar-refractivity contribution in [2.45, 2.75) is 64.5 Å². The second kappa shape index (κ2) is 8.63. The van der Waals surface area contributed by atoms with Crippen molar-refractivity contribution in [2.24, 2.45) is 0 Å². The van der Waals surface area contributed by atoms with Crippen LogP contribution in [0.3, 0.4) is 0 Å². The van der Waals surface area contributed by atoms with Crippen LogP contribution in [-0.2, 0) is 43.2 Å². The summed E-state index contributed by atoms with van der Waals surface area (Å²) >= 11 is 0. The summed E-state index contributed by atoms with van der Waals surface area (Å²) in [6.07, 6.45) is -4.91. The molecule has 1 rings (SSSR count). The van der Waals surface area contributed by atoms with Crippen LogP contribution in [0.25, 0.3) is 0 Å². The molecule has 0 saturated carbocycles. The first-order valence-electron chi connectivity index (χ1n) is 7.88. The highest BCUT2D eigenvalue weighted by Crippen LogP contribution is 2.31. The Morgan fingerprint density at radius 1 is 0.885 bits per heavy atom. The van der Waals surface area contributed by atoms with E-state index in [1.165, 1.54) is 13.8 Å². The summed E-state index contributed by atoms with van der Waals surface area (Å²) in [5.74, 6) is -2.66. The first-order chi connectivity index (χ1) is 11.8. The van der Waals surface area contributed by atoms with Gasteiger partial charge in [0.2, 0.25) is 0 Å². The summed E-state index contributed by atoms with van der Waals surface area (Å²) in [6, 6.07) is 0. The van der Waals surface area contributed by atoms with Gasteiger partial charge < -0.3 is 18.9 Å². The minimum atomic E-state index is -3.96.